The van der Waals surface area contributed by atoms with E-state index in [4.69, 9.17) is 4.42 Å². The predicted molar refractivity (Wildman–Crippen MR) is 102 cm³/mol. The topological polar surface area (TPSA) is 84.2 Å². The standard InChI is InChI=1S/C21H21N3O3/c1-14-18(24-21(27-14)16-8-4-3-5-9-16)12-19(25)23-13-15-7-6-10-17(11-15)20(26)22-2/h3-11H,12-13H2,1-2H3,(H,22,26)(H,23,25). The molecule has 0 saturated heterocycles. The molecule has 0 aliphatic rings. The predicted octanol–water partition coefficient (Wildman–Crippen LogP) is 2.87. The summed E-state index contributed by atoms with van der Waals surface area (Å²) in [7, 11) is 1.58. The smallest absolute Gasteiger partial charge is 0.251 e. The summed E-state index contributed by atoms with van der Waals surface area (Å²) in [5.74, 6) is 0.825. The number of hydrogen-bond donors (Lipinski definition) is 2. The van der Waals surface area contributed by atoms with E-state index in [9.17, 15) is 9.59 Å². The Bertz CT molecular complexity index is 948. The maximum atomic E-state index is 12.3. The molecule has 138 valence electrons. The molecule has 0 unspecified atom stereocenters. The summed E-state index contributed by atoms with van der Waals surface area (Å²) in [6.45, 7) is 2.14. The van der Waals surface area contributed by atoms with Gasteiger partial charge in [-0.05, 0) is 36.8 Å². The minimum absolute atomic E-state index is 0.136. The van der Waals surface area contributed by atoms with Crippen LogP contribution in [0.15, 0.2) is 59.0 Å². The Morgan fingerprint density at radius 3 is 2.59 bits per heavy atom. The van der Waals surface area contributed by atoms with Crippen LogP contribution in [0.2, 0.25) is 0 Å². The van der Waals surface area contributed by atoms with Crippen molar-refractivity contribution in [2.45, 2.75) is 19.9 Å². The number of nitrogens with zero attached hydrogens (tertiary/aromatic N) is 1. The number of amides is 2. The van der Waals surface area contributed by atoms with Gasteiger partial charge >= 0.3 is 0 Å². The van der Waals surface area contributed by atoms with Gasteiger partial charge in [0.2, 0.25) is 11.8 Å². The number of nitrogens with one attached hydrogen (secondary N) is 2. The average molecular weight is 363 g/mol. The summed E-state index contributed by atoms with van der Waals surface area (Å²) < 4.78 is 5.68. The second-order valence-electron chi connectivity index (χ2n) is 6.12. The number of benzene rings is 2. The van der Waals surface area contributed by atoms with Gasteiger partial charge in [-0.3, -0.25) is 9.59 Å². The Hall–Kier alpha value is -3.41. The summed E-state index contributed by atoms with van der Waals surface area (Å²) in [6, 6.07) is 16.7. The third-order valence-corrected chi connectivity index (χ3v) is 4.15. The summed E-state index contributed by atoms with van der Waals surface area (Å²) >= 11 is 0. The Morgan fingerprint density at radius 2 is 1.85 bits per heavy atom. The quantitative estimate of drug-likeness (QED) is 0.705. The third kappa shape index (κ3) is 4.61. The van der Waals surface area contributed by atoms with Crippen molar-refractivity contribution in [3.63, 3.8) is 0 Å². The van der Waals surface area contributed by atoms with E-state index < -0.39 is 0 Å². The second-order valence-corrected chi connectivity index (χ2v) is 6.12. The first-order valence-corrected chi connectivity index (χ1v) is 8.66. The molecule has 3 aromatic rings. The van der Waals surface area contributed by atoms with Gasteiger partial charge < -0.3 is 15.1 Å². The van der Waals surface area contributed by atoms with E-state index >= 15 is 0 Å². The maximum Gasteiger partial charge on any atom is 0.251 e. The van der Waals surface area contributed by atoms with Crippen LogP contribution in [0.5, 0.6) is 0 Å². The first-order valence-electron chi connectivity index (χ1n) is 8.66. The highest BCUT2D eigenvalue weighted by atomic mass is 16.4. The minimum Gasteiger partial charge on any atom is -0.441 e. The van der Waals surface area contributed by atoms with Crippen LogP contribution in [0.4, 0.5) is 0 Å². The largest absolute Gasteiger partial charge is 0.441 e. The molecule has 0 aliphatic carbocycles. The molecule has 0 aliphatic heterocycles. The van der Waals surface area contributed by atoms with Gasteiger partial charge in [-0.2, -0.15) is 0 Å². The van der Waals surface area contributed by atoms with Crippen LogP contribution in [-0.4, -0.2) is 23.8 Å². The number of hydrogen-bond acceptors (Lipinski definition) is 4. The van der Waals surface area contributed by atoms with Gasteiger partial charge in [0.15, 0.2) is 0 Å². The molecule has 0 radical (unpaired) electrons. The average Bonchev–Trinajstić information content (AvgIpc) is 3.07. The van der Waals surface area contributed by atoms with E-state index in [0.29, 0.717) is 29.5 Å². The van der Waals surface area contributed by atoms with E-state index in [2.05, 4.69) is 15.6 Å². The van der Waals surface area contributed by atoms with E-state index in [-0.39, 0.29) is 18.2 Å². The number of oxazole rings is 1. The molecule has 2 aromatic carbocycles. The number of aromatic nitrogens is 1. The van der Waals surface area contributed by atoms with Crippen LogP contribution < -0.4 is 10.6 Å². The molecule has 0 saturated carbocycles. The van der Waals surface area contributed by atoms with Crippen molar-refractivity contribution in [3.05, 3.63) is 77.2 Å². The van der Waals surface area contributed by atoms with Gasteiger partial charge in [0.1, 0.15) is 5.76 Å². The van der Waals surface area contributed by atoms with Crippen molar-refractivity contribution in [1.82, 2.24) is 15.6 Å². The lowest BCUT2D eigenvalue weighted by Gasteiger charge is -2.06. The summed E-state index contributed by atoms with van der Waals surface area (Å²) in [6.07, 6.45) is 0.136. The molecule has 6 nitrogen and oxygen atoms in total. The number of rotatable bonds is 6. The summed E-state index contributed by atoms with van der Waals surface area (Å²) in [4.78, 5) is 28.4. The SMILES string of the molecule is CNC(=O)c1cccc(CNC(=O)Cc2nc(-c3ccccc3)oc2C)c1. The van der Waals surface area contributed by atoms with Gasteiger partial charge in [-0.25, -0.2) is 4.98 Å². The summed E-state index contributed by atoms with van der Waals surface area (Å²) in [5.41, 5.74) is 2.90. The highest BCUT2D eigenvalue weighted by molar-refractivity contribution is 5.94. The molecule has 6 heteroatoms. The van der Waals surface area contributed by atoms with Crippen molar-refractivity contribution < 1.29 is 14.0 Å². The van der Waals surface area contributed by atoms with Gasteiger partial charge in [0.05, 0.1) is 12.1 Å². The van der Waals surface area contributed by atoms with Crippen molar-refractivity contribution >= 4 is 11.8 Å². The zero-order valence-electron chi connectivity index (χ0n) is 15.3. The molecule has 27 heavy (non-hydrogen) atoms. The fraction of sp³-hybridized carbons (Fsp3) is 0.190. The van der Waals surface area contributed by atoms with Crippen molar-refractivity contribution in [2.75, 3.05) is 7.05 Å². The fourth-order valence-corrected chi connectivity index (χ4v) is 2.68. The summed E-state index contributed by atoms with van der Waals surface area (Å²) in [5, 5.41) is 5.44. The first-order chi connectivity index (χ1) is 13.1. The first kappa shape index (κ1) is 18.4. The third-order valence-electron chi connectivity index (χ3n) is 4.15. The molecule has 0 spiro atoms. The zero-order valence-corrected chi connectivity index (χ0v) is 15.3. The Balaban J connectivity index is 1.62. The number of aryl methyl sites for hydroxylation is 1. The highest BCUT2D eigenvalue weighted by Gasteiger charge is 2.14. The maximum absolute atomic E-state index is 12.3. The number of carbonyl (C=O) groups excluding carboxylic acids is 2. The van der Waals surface area contributed by atoms with Crippen LogP contribution in [0.25, 0.3) is 11.5 Å². The van der Waals surface area contributed by atoms with Gasteiger partial charge in [-0.1, -0.05) is 30.3 Å². The molecule has 1 heterocycles. The van der Waals surface area contributed by atoms with Crippen LogP contribution in [0.1, 0.15) is 27.4 Å². The molecule has 0 fully saturated rings. The highest BCUT2D eigenvalue weighted by Crippen LogP contribution is 2.21. The lowest BCUT2D eigenvalue weighted by Crippen LogP contribution is -2.25. The molecular weight excluding hydrogens is 342 g/mol. The molecule has 1 aromatic heterocycles. The van der Waals surface area contributed by atoms with Crippen molar-refractivity contribution in [2.24, 2.45) is 0 Å². The van der Waals surface area contributed by atoms with E-state index in [1.165, 1.54) is 0 Å². The van der Waals surface area contributed by atoms with Crippen LogP contribution in [0, 0.1) is 6.92 Å². The molecule has 3 rings (SSSR count). The molecular formula is C21H21N3O3. The minimum atomic E-state index is -0.158. The van der Waals surface area contributed by atoms with Crippen LogP contribution in [0.3, 0.4) is 0 Å². The molecule has 0 bridgehead atoms. The van der Waals surface area contributed by atoms with Crippen LogP contribution >= 0.6 is 0 Å². The van der Waals surface area contributed by atoms with Crippen molar-refractivity contribution in [1.29, 1.82) is 0 Å². The number of carbonyl (C=O) groups is 2. The Labute approximate surface area is 157 Å². The van der Waals surface area contributed by atoms with E-state index in [1.54, 1.807) is 32.2 Å². The molecule has 2 amide bonds. The van der Waals surface area contributed by atoms with Gasteiger partial charge in [0.25, 0.3) is 5.91 Å². The second kappa shape index (κ2) is 8.31. The fourth-order valence-electron chi connectivity index (χ4n) is 2.68. The Kier molecular flexibility index (Phi) is 5.66. The van der Waals surface area contributed by atoms with E-state index in [0.717, 1.165) is 11.1 Å². The normalized spacial score (nSPS) is 10.4. The molecule has 0 atom stereocenters. The van der Waals surface area contributed by atoms with E-state index in [1.807, 2.05) is 36.4 Å². The molecule has 2 N–H and O–H groups in total. The van der Waals surface area contributed by atoms with Crippen LogP contribution in [-0.2, 0) is 17.8 Å². The zero-order chi connectivity index (χ0) is 19.2. The lowest BCUT2D eigenvalue weighted by atomic mass is 10.1. The monoisotopic (exact) mass is 363 g/mol. The van der Waals surface area contributed by atoms with Gasteiger partial charge in [-0.15, -0.1) is 0 Å². The van der Waals surface area contributed by atoms with Crippen molar-refractivity contribution in [3.8, 4) is 11.5 Å². The lowest BCUT2D eigenvalue weighted by molar-refractivity contribution is -0.120. The Morgan fingerprint density at radius 1 is 1.07 bits per heavy atom. The van der Waals surface area contributed by atoms with Gasteiger partial charge in [0, 0.05) is 24.7 Å².